The van der Waals surface area contributed by atoms with Crippen LogP contribution in [0.25, 0.3) is 0 Å². The minimum atomic E-state index is -0.169. The monoisotopic (exact) mass is 148 g/mol. The zero-order valence-corrected chi connectivity index (χ0v) is 7.04. The van der Waals surface area contributed by atoms with Crippen molar-refractivity contribution in [2.45, 2.75) is 38.9 Å². The maximum Gasteiger partial charge on any atom is 0.159 e. The molecule has 0 N–H and O–H groups in total. The molecule has 1 saturated heterocycles. The first-order valence-electron chi connectivity index (χ1n) is 2.99. The number of hydrogen-bond donors (Lipinski definition) is 0. The lowest BCUT2D eigenvalue weighted by atomic mass is 9.90. The molecule has 1 aliphatic rings. The molecule has 1 heterocycles. The predicted octanol–water partition coefficient (Wildman–Crippen LogP) is 2.15. The molecule has 0 unspecified atom stereocenters. The smallest absolute Gasteiger partial charge is 0.159 e. The molecule has 0 aliphatic carbocycles. The van der Waals surface area contributed by atoms with E-state index in [4.69, 9.17) is 8.37 Å². The highest BCUT2D eigenvalue weighted by molar-refractivity contribution is 7.90. The van der Waals surface area contributed by atoms with Gasteiger partial charge < -0.3 is 0 Å². The molecule has 0 saturated carbocycles. The van der Waals surface area contributed by atoms with E-state index in [9.17, 15) is 0 Å². The molecule has 0 atom stereocenters. The van der Waals surface area contributed by atoms with Gasteiger partial charge in [0.1, 0.15) is 11.2 Å². The van der Waals surface area contributed by atoms with Crippen molar-refractivity contribution < 1.29 is 8.37 Å². The number of rotatable bonds is 0. The molecule has 0 aromatic rings. The minimum Gasteiger partial charge on any atom is -0.282 e. The molecule has 9 heavy (non-hydrogen) atoms. The van der Waals surface area contributed by atoms with Gasteiger partial charge >= 0.3 is 0 Å². The Kier molecular flexibility index (Phi) is 1.54. The molecule has 0 radical (unpaired) electrons. The Morgan fingerprint density at radius 2 is 1.22 bits per heavy atom. The molecule has 0 bridgehead atoms. The third-order valence-corrected chi connectivity index (χ3v) is 2.90. The average Bonchev–Trinajstić information content (AvgIpc) is 1.81. The van der Waals surface area contributed by atoms with E-state index in [1.54, 1.807) is 0 Å². The maximum absolute atomic E-state index is 5.25. The highest BCUT2D eigenvalue weighted by Gasteiger charge is 2.46. The van der Waals surface area contributed by atoms with Crippen LogP contribution in [0.2, 0.25) is 0 Å². The van der Waals surface area contributed by atoms with Gasteiger partial charge in [-0.15, -0.1) is 0 Å². The van der Waals surface area contributed by atoms with Gasteiger partial charge in [0.2, 0.25) is 0 Å². The van der Waals surface area contributed by atoms with Crippen molar-refractivity contribution >= 4 is 12.3 Å². The lowest BCUT2D eigenvalue weighted by Gasteiger charge is -2.28. The summed E-state index contributed by atoms with van der Waals surface area (Å²) >= 11 is 1.09. The summed E-state index contributed by atoms with van der Waals surface area (Å²) in [6.45, 7) is 8.08. The molecule has 3 heteroatoms. The van der Waals surface area contributed by atoms with Gasteiger partial charge in [-0.2, -0.15) is 0 Å². The summed E-state index contributed by atoms with van der Waals surface area (Å²) in [5.74, 6) is 0. The number of hydrogen-bond acceptors (Lipinski definition) is 3. The largest absolute Gasteiger partial charge is 0.282 e. The molecule has 0 aromatic carbocycles. The van der Waals surface area contributed by atoms with E-state index in [2.05, 4.69) is 0 Å². The van der Waals surface area contributed by atoms with Crippen molar-refractivity contribution in [2.24, 2.45) is 0 Å². The second kappa shape index (κ2) is 1.87. The van der Waals surface area contributed by atoms with Crippen molar-refractivity contribution in [3.63, 3.8) is 0 Å². The molecule has 0 amide bonds. The summed E-state index contributed by atoms with van der Waals surface area (Å²) in [5.41, 5.74) is -0.338. The second-order valence-electron chi connectivity index (χ2n) is 3.26. The minimum absolute atomic E-state index is 0.169. The van der Waals surface area contributed by atoms with Crippen molar-refractivity contribution in [1.29, 1.82) is 0 Å². The summed E-state index contributed by atoms with van der Waals surface area (Å²) in [6, 6.07) is 0. The molecule has 1 aliphatic heterocycles. The standard InChI is InChI=1S/C6H12O2S/c1-5(2)6(3,4)8-9-7-5/h1-4H3. The Balaban J connectivity index is 2.75. The van der Waals surface area contributed by atoms with Gasteiger partial charge in [0, 0.05) is 0 Å². The second-order valence-corrected chi connectivity index (χ2v) is 3.72. The van der Waals surface area contributed by atoms with Crippen LogP contribution in [-0.2, 0) is 8.37 Å². The first-order chi connectivity index (χ1) is 3.96. The zero-order chi connectivity index (χ0) is 7.12. The van der Waals surface area contributed by atoms with Crippen LogP contribution in [0.1, 0.15) is 27.7 Å². The van der Waals surface area contributed by atoms with E-state index in [0.29, 0.717) is 0 Å². The Hall–Kier alpha value is 0.270. The Morgan fingerprint density at radius 3 is 1.33 bits per heavy atom. The molecule has 0 spiro atoms. The van der Waals surface area contributed by atoms with Gasteiger partial charge in [-0.25, -0.2) is 0 Å². The molecular formula is C6H12O2S. The lowest BCUT2D eigenvalue weighted by molar-refractivity contribution is 0.00578. The van der Waals surface area contributed by atoms with E-state index in [-0.39, 0.29) is 11.2 Å². The Morgan fingerprint density at radius 1 is 0.889 bits per heavy atom. The van der Waals surface area contributed by atoms with Crippen LogP contribution >= 0.6 is 12.3 Å². The highest BCUT2D eigenvalue weighted by Crippen LogP contribution is 2.42. The fraction of sp³-hybridized carbons (Fsp3) is 1.00. The summed E-state index contributed by atoms with van der Waals surface area (Å²) in [6.07, 6.45) is 0. The van der Waals surface area contributed by atoms with Crippen LogP contribution < -0.4 is 0 Å². The summed E-state index contributed by atoms with van der Waals surface area (Å²) in [4.78, 5) is 0. The zero-order valence-electron chi connectivity index (χ0n) is 6.22. The summed E-state index contributed by atoms with van der Waals surface area (Å²) in [7, 11) is 0. The molecule has 1 rings (SSSR count). The van der Waals surface area contributed by atoms with Gasteiger partial charge in [-0.1, -0.05) is 0 Å². The van der Waals surface area contributed by atoms with Gasteiger partial charge in [0.25, 0.3) is 0 Å². The van der Waals surface area contributed by atoms with Gasteiger partial charge in [-0.05, 0) is 27.7 Å². The van der Waals surface area contributed by atoms with Crippen LogP contribution in [0.5, 0.6) is 0 Å². The quantitative estimate of drug-likeness (QED) is 0.490. The summed E-state index contributed by atoms with van der Waals surface area (Å²) in [5, 5.41) is 0. The molecule has 2 nitrogen and oxygen atoms in total. The Labute approximate surface area is 60.3 Å². The molecule has 1 fully saturated rings. The third-order valence-electron chi connectivity index (χ3n) is 1.93. The fourth-order valence-corrected chi connectivity index (χ4v) is 1.16. The topological polar surface area (TPSA) is 18.5 Å². The predicted molar refractivity (Wildman–Crippen MR) is 37.9 cm³/mol. The van der Waals surface area contributed by atoms with Crippen LogP contribution in [0.4, 0.5) is 0 Å². The van der Waals surface area contributed by atoms with Crippen molar-refractivity contribution in [3.05, 3.63) is 0 Å². The average molecular weight is 148 g/mol. The highest BCUT2D eigenvalue weighted by atomic mass is 32.2. The van der Waals surface area contributed by atoms with Gasteiger partial charge in [-0.3, -0.25) is 8.37 Å². The van der Waals surface area contributed by atoms with Crippen LogP contribution in [0.15, 0.2) is 0 Å². The van der Waals surface area contributed by atoms with Crippen LogP contribution in [0, 0.1) is 0 Å². The summed E-state index contributed by atoms with van der Waals surface area (Å²) < 4.78 is 10.5. The SMILES string of the molecule is CC1(C)OSOC1(C)C. The lowest BCUT2D eigenvalue weighted by Crippen LogP contribution is -2.41. The van der Waals surface area contributed by atoms with E-state index in [1.807, 2.05) is 27.7 Å². The normalized spacial score (nSPS) is 30.7. The van der Waals surface area contributed by atoms with Crippen LogP contribution in [-0.4, -0.2) is 11.2 Å². The first-order valence-corrected chi connectivity index (χ1v) is 3.66. The maximum atomic E-state index is 5.25. The van der Waals surface area contributed by atoms with E-state index in [0.717, 1.165) is 12.3 Å². The van der Waals surface area contributed by atoms with Crippen molar-refractivity contribution in [3.8, 4) is 0 Å². The first kappa shape index (κ1) is 7.38. The fourth-order valence-electron chi connectivity index (χ4n) is 0.388. The van der Waals surface area contributed by atoms with Gasteiger partial charge in [0.05, 0.1) is 0 Å². The van der Waals surface area contributed by atoms with E-state index in [1.165, 1.54) is 0 Å². The Bertz CT molecular complexity index is 106. The molecule has 54 valence electrons. The van der Waals surface area contributed by atoms with Crippen molar-refractivity contribution in [2.75, 3.05) is 0 Å². The van der Waals surface area contributed by atoms with Gasteiger partial charge in [0.15, 0.2) is 12.3 Å². The molecular weight excluding hydrogens is 136 g/mol. The van der Waals surface area contributed by atoms with Crippen LogP contribution in [0.3, 0.4) is 0 Å². The van der Waals surface area contributed by atoms with E-state index >= 15 is 0 Å². The van der Waals surface area contributed by atoms with E-state index < -0.39 is 0 Å². The van der Waals surface area contributed by atoms with Crippen molar-refractivity contribution in [1.82, 2.24) is 0 Å². The third kappa shape index (κ3) is 1.09. The molecule has 0 aromatic heterocycles.